The zero-order chi connectivity index (χ0) is 24.9. The quantitative estimate of drug-likeness (QED) is 0.508. The van der Waals surface area contributed by atoms with Gasteiger partial charge in [-0.3, -0.25) is 4.98 Å². The van der Waals surface area contributed by atoms with E-state index in [2.05, 4.69) is 21.4 Å². The Morgan fingerprint density at radius 1 is 1.31 bits per heavy atom. The normalized spacial score (nSPS) is 20.2. The molecule has 0 saturated carbocycles. The third-order valence-corrected chi connectivity index (χ3v) is 6.15. The summed E-state index contributed by atoms with van der Waals surface area (Å²) in [6.45, 7) is 1.28. The number of pyridine rings is 2. The molecule has 2 aliphatic heterocycles. The summed E-state index contributed by atoms with van der Waals surface area (Å²) < 4.78 is 22.1. The van der Waals surface area contributed by atoms with Crippen LogP contribution in [0.15, 0.2) is 72.4 Å². The van der Waals surface area contributed by atoms with E-state index in [9.17, 15) is 9.90 Å². The lowest BCUT2D eigenvalue weighted by atomic mass is 10.0. The molecule has 2 aromatic heterocycles. The van der Waals surface area contributed by atoms with E-state index in [0.717, 1.165) is 18.4 Å². The third-order valence-electron chi connectivity index (χ3n) is 6.15. The average Bonchev–Trinajstić information content (AvgIpc) is 3.31. The molecule has 1 fully saturated rings. The number of fused-ring (bicyclic) bond motifs is 1. The summed E-state index contributed by atoms with van der Waals surface area (Å²) in [5.74, 6) is 1.36. The number of aromatic nitrogens is 2. The minimum Gasteiger partial charge on any atom is -0.481 e. The number of hydrogen-bond acceptors (Lipinski definition) is 9. The third kappa shape index (κ3) is 5.19. The van der Waals surface area contributed by atoms with Crippen molar-refractivity contribution < 1.29 is 28.8 Å². The van der Waals surface area contributed by atoms with Crippen molar-refractivity contribution in [1.29, 1.82) is 0 Å². The van der Waals surface area contributed by atoms with E-state index in [4.69, 9.17) is 18.9 Å². The van der Waals surface area contributed by atoms with Crippen LogP contribution in [-0.2, 0) is 14.2 Å². The highest BCUT2D eigenvalue weighted by molar-refractivity contribution is 5.78. The number of aliphatic hydroxyl groups is 1. The SMILES string of the molecule is COc1ccc2nccc(C(O)CCNC[C@@H]3CN(C4=COC=C(C5=CC=CCC5)O4)C(=O)O3)c2n1. The van der Waals surface area contributed by atoms with Crippen LogP contribution in [0, 0.1) is 0 Å². The van der Waals surface area contributed by atoms with Crippen LogP contribution in [0.4, 0.5) is 4.79 Å². The van der Waals surface area contributed by atoms with E-state index in [1.165, 1.54) is 17.4 Å². The fourth-order valence-corrected chi connectivity index (χ4v) is 4.26. The Hall–Kier alpha value is -3.89. The van der Waals surface area contributed by atoms with Crippen LogP contribution in [0.25, 0.3) is 11.0 Å². The number of cyclic esters (lactones) is 1. The van der Waals surface area contributed by atoms with Crippen LogP contribution in [0.2, 0.25) is 0 Å². The molecule has 2 N–H and O–H groups in total. The van der Waals surface area contributed by atoms with Gasteiger partial charge in [0.15, 0.2) is 12.0 Å². The second-order valence-electron chi connectivity index (χ2n) is 8.58. The highest BCUT2D eigenvalue weighted by Gasteiger charge is 2.36. The minimum absolute atomic E-state index is 0.304. The monoisotopic (exact) mass is 492 g/mol. The van der Waals surface area contributed by atoms with E-state index in [1.54, 1.807) is 25.4 Å². The molecule has 1 unspecified atom stereocenters. The molecule has 0 aromatic carbocycles. The molecule has 4 heterocycles. The Balaban J connectivity index is 1.11. The first-order chi connectivity index (χ1) is 17.6. The van der Waals surface area contributed by atoms with Gasteiger partial charge in [-0.1, -0.05) is 18.2 Å². The largest absolute Gasteiger partial charge is 0.481 e. The van der Waals surface area contributed by atoms with Gasteiger partial charge in [-0.15, -0.1) is 0 Å². The van der Waals surface area contributed by atoms with Gasteiger partial charge < -0.3 is 29.4 Å². The Morgan fingerprint density at radius 3 is 3.06 bits per heavy atom. The fourth-order valence-electron chi connectivity index (χ4n) is 4.26. The summed E-state index contributed by atoms with van der Waals surface area (Å²) in [5.41, 5.74) is 3.01. The van der Waals surface area contributed by atoms with Crippen LogP contribution in [0.5, 0.6) is 5.88 Å². The number of ether oxygens (including phenoxy) is 4. The molecule has 10 heteroatoms. The lowest BCUT2D eigenvalue weighted by molar-refractivity contribution is 0.118. The van der Waals surface area contributed by atoms with Crippen LogP contribution >= 0.6 is 0 Å². The first-order valence-electron chi connectivity index (χ1n) is 11.9. The number of amides is 1. The second kappa shape index (κ2) is 10.8. The fraction of sp³-hybridized carbons (Fsp3) is 0.346. The van der Waals surface area contributed by atoms with Gasteiger partial charge in [-0.2, -0.15) is 0 Å². The zero-order valence-electron chi connectivity index (χ0n) is 19.9. The van der Waals surface area contributed by atoms with E-state index in [-0.39, 0.29) is 6.10 Å². The lowest BCUT2D eigenvalue weighted by Gasteiger charge is -2.23. The minimum atomic E-state index is -0.739. The molecule has 188 valence electrons. The highest BCUT2D eigenvalue weighted by Crippen LogP contribution is 2.29. The van der Waals surface area contributed by atoms with Crippen molar-refractivity contribution >= 4 is 17.1 Å². The molecule has 1 saturated heterocycles. The smallest absolute Gasteiger partial charge is 0.417 e. The topological polar surface area (TPSA) is 115 Å². The molecule has 5 rings (SSSR count). The molecule has 36 heavy (non-hydrogen) atoms. The van der Waals surface area contributed by atoms with Gasteiger partial charge in [-0.25, -0.2) is 14.7 Å². The molecular formula is C26H28N4O6. The maximum atomic E-state index is 12.5. The van der Waals surface area contributed by atoms with Crippen molar-refractivity contribution in [3.05, 3.63) is 77.9 Å². The molecular weight excluding hydrogens is 464 g/mol. The van der Waals surface area contributed by atoms with Crippen molar-refractivity contribution in [2.75, 3.05) is 26.7 Å². The predicted molar refractivity (Wildman–Crippen MR) is 130 cm³/mol. The maximum Gasteiger partial charge on any atom is 0.417 e. The van der Waals surface area contributed by atoms with Crippen LogP contribution in [-0.4, -0.2) is 58.9 Å². The molecule has 1 amide bonds. The molecule has 0 radical (unpaired) electrons. The number of carbonyl (C=O) groups is 1. The number of carbonyl (C=O) groups excluding carboxylic acids is 1. The number of allylic oxidation sites excluding steroid dienone is 4. The first-order valence-corrected chi connectivity index (χ1v) is 11.9. The number of aliphatic hydroxyl groups excluding tert-OH is 1. The summed E-state index contributed by atoms with van der Waals surface area (Å²) in [4.78, 5) is 22.6. The standard InChI is InChI=1S/C26H28N4O6/c1-33-23-8-7-20-25(29-23)19(9-12-28-20)21(31)10-11-27-13-18-14-30(26(32)35-18)24-16-34-15-22(36-24)17-5-3-2-4-6-17/h2-3,5,7-9,12,15-16,18,21,27,31H,4,6,10-11,13-14H2,1H3/t18-,21?/m1/s1. The zero-order valence-corrected chi connectivity index (χ0v) is 19.9. The highest BCUT2D eigenvalue weighted by atomic mass is 16.6. The van der Waals surface area contributed by atoms with E-state index in [1.807, 2.05) is 18.2 Å². The molecule has 2 aromatic rings. The van der Waals surface area contributed by atoms with E-state index < -0.39 is 12.2 Å². The van der Waals surface area contributed by atoms with Gasteiger partial charge in [0.25, 0.3) is 0 Å². The number of hydrogen-bond donors (Lipinski definition) is 2. The summed E-state index contributed by atoms with van der Waals surface area (Å²) in [5, 5.41) is 14.0. The second-order valence-corrected chi connectivity index (χ2v) is 8.58. The lowest BCUT2D eigenvalue weighted by Crippen LogP contribution is -2.32. The van der Waals surface area contributed by atoms with Gasteiger partial charge in [0.2, 0.25) is 11.8 Å². The van der Waals surface area contributed by atoms with Crippen LogP contribution in [0.1, 0.15) is 30.9 Å². The van der Waals surface area contributed by atoms with Crippen molar-refractivity contribution in [2.45, 2.75) is 31.5 Å². The molecule has 10 nitrogen and oxygen atoms in total. The van der Waals surface area contributed by atoms with E-state index in [0.29, 0.717) is 60.2 Å². The van der Waals surface area contributed by atoms with Crippen LogP contribution in [0.3, 0.4) is 0 Å². The van der Waals surface area contributed by atoms with Crippen LogP contribution < -0.4 is 10.1 Å². The molecule has 0 spiro atoms. The Kier molecular flexibility index (Phi) is 7.15. The predicted octanol–water partition coefficient (Wildman–Crippen LogP) is 3.44. The summed E-state index contributed by atoms with van der Waals surface area (Å²) in [6, 6.07) is 5.31. The number of nitrogens with one attached hydrogen (secondary N) is 1. The van der Waals surface area contributed by atoms with Gasteiger partial charge in [0.1, 0.15) is 12.4 Å². The first kappa shape index (κ1) is 23.8. The number of methoxy groups -OCH3 is 1. The summed E-state index contributed by atoms with van der Waals surface area (Å²) in [6.07, 6.45) is 11.3. The van der Waals surface area contributed by atoms with Crippen molar-refractivity contribution in [3.63, 3.8) is 0 Å². The van der Waals surface area contributed by atoms with Gasteiger partial charge in [0.05, 0.1) is 30.8 Å². The van der Waals surface area contributed by atoms with Gasteiger partial charge in [0, 0.05) is 24.4 Å². The van der Waals surface area contributed by atoms with Crippen molar-refractivity contribution in [2.24, 2.45) is 0 Å². The molecule has 0 bridgehead atoms. The molecule has 1 aliphatic carbocycles. The summed E-state index contributed by atoms with van der Waals surface area (Å²) >= 11 is 0. The Labute approximate surface area is 208 Å². The number of rotatable bonds is 9. The van der Waals surface area contributed by atoms with Gasteiger partial charge in [-0.05, 0) is 43.5 Å². The maximum absolute atomic E-state index is 12.5. The van der Waals surface area contributed by atoms with Crippen molar-refractivity contribution in [1.82, 2.24) is 20.2 Å². The van der Waals surface area contributed by atoms with Crippen molar-refractivity contribution in [3.8, 4) is 5.88 Å². The Morgan fingerprint density at radius 2 is 2.22 bits per heavy atom. The van der Waals surface area contributed by atoms with E-state index >= 15 is 0 Å². The van der Waals surface area contributed by atoms with Gasteiger partial charge >= 0.3 is 6.09 Å². The number of nitrogens with zero attached hydrogens (tertiary/aromatic N) is 3. The summed E-state index contributed by atoms with van der Waals surface area (Å²) in [7, 11) is 1.55. The Bertz CT molecular complexity index is 1250. The molecule has 2 atom stereocenters. The average molecular weight is 493 g/mol. The molecule has 3 aliphatic rings.